The zero-order chi connectivity index (χ0) is 19.4. The van der Waals surface area contributed by atoms with E-state index in [0.717, 1.165) is 11.3 Å². The number of hydrogen-bond donors (Lipinski definition) is 2. The van der Waals surface area contributed by atoms with Gasteiger partial charge in [0.1, 0.15) is 16.9 Å². The zero-order valence-corrected chi connectivity index (χ0v) is 15.6. The summed E-state index contributed by atoms with van der Waals surface area (Å²) in [7, 11) is 5.06. The summed E-state index contributed by atoms with van der Waals surface area (Å²) in [6.45, 7) is 0. The number of benzene rings is 1. The molecule has 0 radical (unpaired) electrons. The fourth-order valence-electron chi connectivity index (χ4n) is 4.38. The van der Waals surface area contributed by atoms with E-state index in [9.17, 15) is 9.90 Å². The average molecular weight is 369 g/mol. The molecule has 1 aromatic carbocycles. The van der Waals surface area contributed by atoms with Crippen molar-refractivity contribution < 1.29 is 19.4 Å². The van der Waals surface area contributed by atoms with Crippen LogP contribution in [0.1, 0.15) is 12.0 Å². The minimum absolute atomic E-state index is 0.105. The van der Waals surface area contributed by atoms with Gasteiger partial charge in [0.25, 0.3) is 5.91 Å². The van der Waals surface area contributed by atoms with E-state index in [4.69, 9.17) is 14.9 Å². The summed E-state index contributed by atoms with van der Waals surface area (Å²) < 4.78 is 11.4. The molecular weight excluding hydrogens is 346 g/mol. The molecule has 2 N–H and O–H groups in total. The molecule has 2 fully saturated rings. The highest BCUT2D eigenvalue weighted by atomic mass is 16.7. The van der Waals surface area contributed by atoms with Gasteiger partial charge in [0.05, 0.1) is 7.11 Å². The van der Waals surface area contributed by atoms with Gasteiger partial charge in [0.2, 0.25) is 0 Å². The van der Waals surface area contributed by atoms with Crippen molar-refractivity contribution in [3.63, 3.8) is 0 Å². The molecule has 2 heterocycles. The topological polar surface area (TPSA) is 86.1 Å². The standard InChI is InChI=1S/C20H23N3O4/c1-22-17(21)23(2)20(25)19(22,12-14-4-6-16(26-3)7-5-14)13-18(27-20)10-8-15(24)9-11-18/h4-11,21,25H,12-13H2,1-3H3/t19-,20+/m1/s1. The van der Waals surface area contributed by atoms with Crippen LogP contribution in [0.5, 0.6) is 5.75 Å². The van der Waals surface area contributed by atoms with Crippen molar-refractivity contribution in [1.82, 2.24) is 9.80 Å². The first-order valence-electron chi connectivity index (χ1n) is 8.79. The minimum Gasteiger partial charge on any atom is -0.497 e. The summed E-state index contributed by atoms with van der Waals surface area (Å²) >= 11 is 0. The van der Waals surface area contributed by atoms with Crippen LogP contribution in [0.4, 0.5) is 0 Å². The molecule has 7 heteroatoms. The SMILES string of the molecule is COc1ccc(C[C@@]23CC4(C=CC(=O)C=C4)O[C@]2(O)N(C)C(=N)N3C)cc1. The first kappa shape index (κ1) is 17.8. The molecule has 3 aliphatic rings. The van der Waals surface area contributed by atoms with E-state index in [-0.39, 0.29) is 11.7 Å². The summed E-state index contributed by atoms with van der Waals surface area (Å²) in [5, 5.41) is 20.0. The number of aliphatic hydroxyl groups is 1. The van der Waals surface area contributed by atoms with E-state index in [1.165, 1.54) is 17.1 Å². The third-order valence-corrected chi connectivity index (χ3v) is 5.95. The van der Waals surface area contributed by atoms with Crippen LogP contribution in [0.2, 0.25) is 0 Å². The summed E-state index contributed by atoms with van der Waals surface area (Å²) in [6.07, 6.45) is 7.22. The predicted octanol–water partition coefficient (Wildman–Crippen LogP) is 1.29. The molecule has 1 spiro atoms. The van der Waals surface area contributed by atoms with Crippen molar-refractivity contribution in [2.75, 3.05) is 21.2 Å². The van der Waals surface area contributed by atoms with Crippen LogP contribution in [-0.4, -0.2) is 64.9 Å². The normalized spacial score (nSPS) is 31.1. The molecule has 4 rings (SSSR count). The lowest BCUT2D eigenvalue weighted by Crippen LogP contribution is -2.59. The van der Waals surface area contributed by atoms with Crippen LogP contribution in [-0.2, 0) is 16.0 Å². The highest BCUT2D eigenvalue weighted by Crippen LogP contribution is 2.55. The number of nitrogens with zero attached hydrogens (tertiary/aromatic N) is 2. The fourth-order valence-corrected chi connectivity index (χ4v) is 4.38. The summed E-state index contributed by atoms with van der Waals surface area (Å²) in [6, 6.07) is 7.65. The van der Waals surface area contributed by atoms with E-state index < -0.39 is 17.1 Å². The third-order valence-electron chi connectivity index (χ3n) is 5.95. The van der Waals surface area contributed by atoms with Gasteiger partial charge >= 0.3 is 0 Å². The third kappa shape index (κ3) is 2.35. The molecule has 7 nitrogen and oxygen atoms in total. The molecule has 2 aliphatic heterocycles. The van der Waals surface area contributed by atoms with Crippen molar-refractivity contribution in [3.8, 4) is 5.75 Å². The highest BCUT2D eigenvalue weighted by Gasteiger charge is 2.72. The lowest BCUT2D eigenvalue weighted by molar-refractivity contribution is -0.281. The van der Waals surface area contributed by atoms with Crippen molar-refractivity contribution >= 4 is 11.7 Å². The number of guanidine groups is 1. The number of rotatable bonds is 3. The van der Waals surface area contributed by atoms with Crippen molar-refractivity contribution in [2.45, 2.75) is 29.9 Å². The van der Waals surface area contributed by atoms with E-state index in [1.807, 2.05) is 24.3 Å². The number of methoxy groups -OCH3 is 1. The summed E-state index contributed by atoms with van der Waals surface area (Å²) in [4.78, 5) is 14.8. The lowest BCUT2D eigenvalue weighted by Gasteiger charge is -2.38. The fraction of sp³-hybridized carbons (Fsp3) is 0.400. The number of ether oxygens (including phenoxy) is 2. The van der Waals surface area contributed by atoms with Gasteiger partial charge in [0, 0.05) is 26.9 Å². The quantitative estimate of drug-likeness (QED) is 0.835. The second kappa shape index (κ2) is 5.68. The van der Waals surface area contributed by atoms with Gasteiger partial charge in [-0.1, -0.05) is 12.1 Å². The Kier molecular flexibility index (Phi) is 3.73. The van der Waals surface area contributed by atoms with Gasteiger partial charge in [-0.3, -0.25) is 15.1 Å². The number of likely N-dealkylation sites (N-methyl/N-ethyl adjacent to an activating group) is 2. The number of nitrogens with one attached hydrogen (secondary N) is 1. The number of allylic oxidation sites excluding steroid dienone is 2. The number of carbonyl (C=O) groups excluding carboxylic acids is 1. The Morgan fingerprint density at radius 2 is 1.81 bits per heavy atom. The van der Waals surface area contributed by atoms with Crippen molar-refractivity contribution in [3.05, 3.63) is 54.1 Å². The second-order valence-electron chi connectivity index (χ2n) is 7.41. The van der Waals surface area contributed by atoms with Gasteiger partial charge in [0.15, 0.2) is 11.7 Å². The predicted molar refractivity (Wildman–Crippen MR) is 99.4 cm³/mol. The van der Waals surface area contributed by atoms with Gasteiger partial charge in [-0.2, -0.15) is 0 Å². The molecule has 0 unspecified atom stereocenters. The molecule has 27 heavy (non-hydrogen) atoms. The molecule has 0 aromatic heterocycles. The number of ketones is 1. The second-order valence-corrected chi connectivity index (χ2v) is 7.41. The summed E-state index contributed by atoms with van der Waals surface area (Å²) in [5.41, 5.74) is -0.787. The largest absolute Gasteiger partial charge is 0.497 e. The molecule has 0 amide bonds. The zero-order valence-electron chi connectivity index (χ0n) is 15.6. The smallest absolute Gasteiger partial charge is 0.277 e. The van der Waals surface area contributed by atoms with E-state index >= 15 is 0 Å². The van der Waals surface area contributed by atoms with E-state index in [0.29, 0.717) is 12.8 Å². The van der Waals surface area contributed by atoms with E-state index in [1.54, 1.807) is 38.3 Å². The number of carbonyl (C=O) groups is 1. The maximum absolute atomic E-state index is 11.6. The van der Waals surface area contributed by atoms with Crippen LogP contribution >= 0.6 is 0 Å². The minimum atomic E-state index is -1.70. The van der Waals surface area contributed by atoms with Crippen LogP contribution in [0.3, 0.4) is 0 Å². The molecule has 0 bridgehead atoms. The Morgan fingerprint density at radius 3 is 2.41 bits per heavy atom. The first-order chi connectivity index (χ1) is 12.8. The molecule has 2 saturated heterocycles. The van der Waals surface area contributed by atoms with Crippen LogP contribution in [0.25, 0.3) is 0 Å². The monoisotopic (exact) mass is 369 g/mol. The Hall–Kier alpha value is -2.64. The van der Waals surface area contributed by atoms with Crippen LogP contribution < -0.4 is 4.74 Å². The Balaban J connectivity index is 1.77. The Bertz CT molecular complexity index is 846. The molecular formula is C20H23N3O4. The van der Waals surface area contributed by atoms with E-state index in [2.05, 4.69) is 0 Å². The first-order valence-corrected chi connectivity index (χ1v) is 8.79. The van der Waals surface area contributed by atoms with Gasteiger partial charge in [-0.15, -0.1) is 0 Å². The van der Waals surface area contributed by atoms with Gasteiger partial charge in [-0.05, 0) is 42.0 Å². The van der Waals surface area contributed by atoms with Crippen LogP contribution in [0.15, 0.2) is 48.6 Å². The maximum atomic E-state index is 11.6. The Morgan fingerprint density at radius 1 is 1.19 bits per heavy atom. The van der Waals surface area contributed by atoms with Crippen molar-refractivity contribution in [1.29, 1.82) is 5.41 Å². The highest BCUT2D eigenvalue weighted by molar-refractivity contribution is 6.00. The summed E-state index contributed by atoms with van der Waals surface area (Å²) in [5.74, 6) is -0.868. The Labute approximate surface area is 158 Å². The number of fused-ring (bicyclic) bond motifs is 1. The molecule has 0 saturated carbocycles. The van der Waals surface area contributed by atoms with Gasteiger partial charge < -0.3 is 19.5 Å². The molecule has 142 valence electrons. The lowest BCUT2D eigenvalue weighted by atomic mass is 9.79. The molecule has 1 aliphatic carbocycles. The number of hydrogen-bond acceptors (Lipinski definition) is 5. The van der Waals surface area contributed by atoms with Gasteiger partial charge in [-0.25, -0.2) is 0 Å². The van der Waals surface area contributed by atoms with Crippen molar-refractivity contribution in [2.24, 2.45) is 0 Å². The maximum Gasteiger partial charge on any atom is 0.277 e. The molecule has 1 aromatic rings. The van der Waals surface area contributed by atoms with Crippen LogP contribution in [0, 0.1) is 5.41 Å². The molecule has 2 atom stereocenters. The average Bonchev–Trinajstić information content (AvgIpc) is 2.98.